The van der Waals surface area contributed by atoms with Gasteiger partial charge in [0.2, 0.25) is 5.91 Å². The van der Waals surface area contributed by atoms with Crippen molar-refractivity contribution in [1.29, 1.82) is 0 Å². The third kappa shape index (κ3) is 5.59. The molecule has 1 aliphatic heterocycles. The van der Waals surface area contributed by atoms with Crippen molar-refractivity contribution in [2.75, 3.05) is 26.7 Å². The van der Waals surface area contributed by atoms with E-state index in [9.17, 15) is 18.8 Å². The zero-order valence-electron chi connectivity index (χ0n) is 14.4. The second-order valence-electron chi connectivity index (χ2n) is 5.93. The van der Waals surface area contributed by atoms with Crippen LogP contribution in [-0.2, 0) is 9.53 Å². The van der Waals surface area contributed by atoms with E-state index in [1.165, 1.54) is 13.2 Å². The van der Waals surface area contributed by atoms with Gasteiger partial charge in [0.05, 0.1) is 17.7 Å². The molecule has 0 saturated carbocycles. The van der Waals surface area contributed by atoms with Gasteiger partial charge in [0, 0.05) is 32.1 Å². The average molecular weight is 386 g/mol. The molecule has 26 heavy (non-hydrogen) atoms. The largest absolute Gasteiger partial charge is 0.453 e. The van der Waals surface area contributed by atoms with Crippen molar-refractivity contribution >= 4 is 29.5 Å². The number of rotatable bonds is 5. The predicted octanol–water partition coefficient (Wildman–Crippen LogP) is 1.95. The Labute approximate surface area is 155 Å². The van der Waals surface area contributed by atoms with Crippen LogP contribution in [0, 0.1) is 5.82 Å². The van der Waals surface area contributed by atoms with E-state index < -0.39 is 11.7 Å². The summed E-state index contributed by atoms with van der Waals surface area (Å²) in [5, 5.41) is 5.48. The maximum atomic E-state index is 13.0. The molecule has 2 N–H and O–H groups in total. The van der Waals surface area contributed by atoms with Crippen molar-refractivity contribution in [2.45, 2.75) is 25.3 Å². The molecule has 7 nitrogen and oxygen atoms in total. The van der Waals surface area contributed by atoms with Gasteiger partial charge in [-0.1, -0.05) is 11.6 Å². The predicted molar refractivity (Wildman–Crippen MR) is 93.5 cm³/mol. The van der Waals surface area contributed by atoms with Gasteiger partial charge in [0.25, 0.3) is 5.91 Å². The summed E-state index contributed by atoms with van der Waals surface area (Å²) in [5.74, 6) is -1.18. The minimum Gasteiger partial charge on any atom is -0.453 e. The first-order chi connectivity index (χ1) is 12.4. The van der Waals surface area contributed by atoms with Gasteiger partial charge < -0.3 is 20.3 Å². The zero-order chi connectivity index (χ0) is 19.1. The maximum absolute atomic E-state index is 13.0. The minimum absolute atomic E-state index is 0.00866. The SMILES string of the molecule is COC(=O)N1CCC(NC(=O)CCNC(=O)c2ccc(F)cc2Cl)CC1. The topological polar surface area (TPSA) is 87.7 Å². The van der Waals surface area contributed by atoms with E-state index in [0.29, 0.717) is 25.9 Å². The highest BCUT2D eigenvalue weighted by atomic mass is 35.5. The molecule has 0 aliphatic carbocycles. The van der Waals surface area contributed by atoms with Gasteiger partial charge >= 0.3 is 6.09 Å². The van der Waals surface area contributed by atoms with Crippen molar-refractivity contribution in [3.8, 4) is 0 Å². The van der Waals surface area contributed by atoms with Gasteiger partial charge in [0.1, 0.15) is 5.82 Å². The first-order valence-electron chi connectivity index (χ1n) is 8.26. The molecule has 0 spiro atoms. The van der Waals surface area contributed by atoms with Crippen LogP contribution in [0.4, 0.5) is 9.18 Å². The Morgan fingerprint density at radius 1 is 1.31 bits per heavy atom. The van der Waals surface area contributed by atoms with E-state index in [1.807, 2.05) is 0 Å². The lowest BCUT2D eigenvalue weighted by molar-refractivity contribution is -0.121. The molecule has 1 fully saturated rings. The Bertz CT molecular complexity index is 678. The molecule has 0 atom stereocenters. The smallest absolute Gasteiger partial charge is 0.409 e. The van der Waals surface area contributed by atoms with E-state index in [2.05, 4.69) is 15.4 Å². The number of nitrogens with zero attached hydrogens (tertiary/aromatic N) is 1. The van der Waals surface area contributed by atoms with Crippen LogP contribution < -0.4 is 10.6 Å². The van der Waals surface area contributed by atoms with Gasteiger partial charge in [-0.15, -0.1) is 0 Å². The van der Waals surface area contributed by atoms with Gasteiger partial charge in [0.15, 0.2) is 0 Å². The van der Waals surface area contributed by atoms with E-state index in [-0.39, 0.29) is 41.6 Å². The van der Waals surface area contributed by atoms with E-state index >= 15 is 0 Å². The molecule has 1 heterocycles. The van der Waals surface area contributed by atoms with Crippen LogP contribution in [0.25, 0.3) is 0 Å². The molecule has 2 rings (SSSR count). The average Bonchev–Trinajstić information content (AvgIpc) is 2.61. The molecule has 0 radical (unpaired) electrons. The van der Waals surface area contributed by atoms with E-state index in [4.69, 9.17) is 11.6 Å². The molecule has 1 aliphatic rings. The molecule has 0 bridgehead atoms. The van der Waals surface area contributed by atoms with Crippen molar-refractivity contribution in [2.24, 2.45) is 0 Å². The number of hydrogen-bond donors (Lipinski definition) is 2. The normalized spacial score (nSPS) is 14.7. The van der Waals surface area contributed by atoms with Crippen LogP contribution in [0.3, 0.4) is 0 Å². The van der Waals surface area contributed by atoms with Crippen LogP contribution >= 0.6 is 11.6 Å². The number of halogens is 2. The molecule has 0 unspecified atom stereocenters. The summed E-state index contributed by atoms with van der Waals surface area (Å²) < 4.78 is 17.6. The molecule has 1 saturated heterocycles. The lowest BCUT2D eigenvalue weighted by Gasteiger charge is -2.31. The number of nitrogens with one attached hydrogen (secondary N) is 2. The Morgan fingerprint density at radius 2 is 2.00 bits per heavy atom. The second kappa shape index (κ2) is 9.38. The summed E-state index contributed by atoms with van der Waals surface area (Å²) in [7, 11) is 1.34. The standard InChI is InChI=1S/C17H21ClFN3O4/c1-26-17(25)22-8-5-12(6-9-22)21-15(23)4-7-20-16(24)13-3-2-11(19)10-14(13)18/h2-3,10,12H,4-9H2,1H3,(H,20,24)(H,21,23). The van der Waals surface area contributed by atoms with Crippen LogP contribution in [0.15, 0.2) is 18.2 Å². The lowest BCUT2D eigenvalue weighted by Crippen LogP contribution is -2.47. The van der Waals surface area contributed by atoms with Gasteiger partial charge in [-0.3, -0.25) is 9.59 Å². The molecular weight excluding hydrogens is 365 g/mol. The monoisotopic (exact) mass is 385 g/mol. The zero-order valence-corrected chi connectivity index (χ0v) is 15.1. The number of carbonyl (C=O) groups is 3. The Morgan fingerprint density at radius 3 is 2.62 bits per heavy atom. The number of hydrogen-bond acceptors (Lipinski definition) is 4. The highest BCUT2D eigenvalue weighted by Gasteiger charge is 2.24. The lowest BCUT2D eigenvalue weighted by atomic mass is 10.1. The third-order valence-electron chi connectivity index (χ3n) is 4.11. The number of methoxy groups -OCH3 is 1. The summed E-state index contributed by atoms with van der Waals surface area (Å²) in [6.07, 6.45) is 1.05. The third-order valence-corrected chi connectivity index (χ3v) is 4.42. The number of ether oxygens (including phenoxy) is 1. The Balaban J connectivity index is 1.69. The van der Waals surface area contributed by atoms with Crippen molar-refractivity contribution in [3.63, 3.8) is 0 Å². The molecule has 142 valence electrons. The number of amides is 3. The summed E-state index contributed by atoms with van der Waals surface area (Å²) in [5.41, 5.74) is 0.156. The quantitative estimate of drug-likeness (QED) is 0.810. The fourth-order valence-electron chi connectivity index (χ4n) is 2.69. The summed E-state index contributed by atoms with van der Waals surface area (Å²) in [4.78, 5) is 36.9. The van der Waals surface area contributed by atoms with Gasteiger partial charge in [-0.25, -0.2) is 9.18 Å². The minimum atomic E-state index is -0.524. The molecule has 9 heteroatoms. The van der Waals surface area contributed by atoms with Crippen LogP contribution in [-0.4, -0.2) is 55.6 Å². The first-order valence-corrected chi connectivity index (χ1v) is 8.64. The van der Waals surface area contributed by atoms with Crippen molar-refractivity contribution < 1.29 is 23.5 Å². The van der Waals surface area contributed by atoms with E-state index in [1.54, 1.807) is 4.90 Å². The number of piperidine rings is 1. The van der Waals surface area contributed by atoms with Gasteiger partial charge in [-0.2, -0.15) is 0 Å². The first kappa shape index (κ1) is 20.0. The summed E-state index contributed by atoms with van der Waals surface area (Å²) >= 11 is 5.82. The number of carbonyl (C=O) groups excluding carboxylic acids is 3. The summed E-state index contributed by atoms with van der Waals surface area (Å²) in [6, 6.07) is 3.49. The summed E-state index contributed by atoms with van der Waals surface area (Å²) in [6.45, 7) is 1.19. The van der Waals surface area contributed by atoms with Crippen LogP contribution in [0.5, 0.6) is 0 Å². The molecule has 0 aromatic heterocycles. The molecule has 3 amide bonds. The van der Waals surface area contributed by atoms with Crippen LogP contribution in [0.2, 0.25) is 5.02 Å². The van der Waals surface area contributed by atoms with Crippen molar-refractivity contribution in [3.05, 3.63) is 34.6 Å². The molecular formula is C17H21ClFN3O4. The highest BCUT2D eigenvalue weighted by molar-refractivity contribution is 6.33. The number of likely N-dealkylation sites (tertiary alicyclic amines) is 1. The second-order valence-corrected chi connectivity index (χ2v) is 6.34. The number of benzene rings is 1. The fourth-order valence-corrected chi connectivity index (χ4v) is 2.95. The molecule has 1 aromatic carbocycles. The van der Waals surface area contributed by atoms with E-state index in [0.717, 1.165) is 12.1 Å². The Kier molecular flexibility index (Phi) is 7.20. The highest BCUT2D eigenvalue weighted by Crippen LogP contribution is 2.17. The Hall–Kier alpha value is -2.35. The fraction of sp³-hybridized carbons (Fsp3) is 0.471. The molecule has 1 aromatic rings. The van der Waals surface area contributed by atoms with Crippen molar-refractivity contribution in [1.82, 2.24) is 15.5 Å². The van der Waals surface area contributed by atoms with Gasteiger partial charge in [-0.05, 0) is 31.0 Å². The van der Waals surface area contributed by atoms with Crippen LogP contribution in [0.1, 0.15) is 29.6 Å². The maximum Gasteiger partial charge on any atom is 0.409 e.